The molecule has 7 heteroatoms. The summed E-state index contributed by atoms with van der Waals surface area (Å²) in [6, 6.07) is 1.69. The lowest BCUT2D eigenvalue weighted by Crippen LogP contribution is -2.11. The summed E-state index contributed by atoms with van der Waals surface area (Å²) in [5, 5.41) is 10.4. The van der Waals surface area contributed by atoms with Gasteiger partial charge in [0.2, 0.25) is 5.13 Å². The van der Waals surface area contributed by atoms with Crippen LogP contribution in [0.4, 0.5) is 5.13 Å². The smallest absolute Gasteiger partial charge is 0.273 e. The van der Waals surface area contributed by atoms with Gasteiger partial charge < -0.3 is 4.98 Å². The first-order chi connectivity index (χ1) is 6.75. The summed E-state index contributed by atoms with van der Waals surface area (Å²) in [7, 11) is 0. The molecule has 0 saturated carbocycles. The predicted molar refractivity (Wildman–Crippen MR) is 56.4 cm³/mol. The maximum Gasteiger partial charge on any atom is 0.273 e. The molecule has 5 nitrogen and oxygen atoms in total. The molecule has 2 aromatic rings. The van der Waals surface area contributed by atoms with Crippen LogP contribution in [0, 0.1) is 0 Å². The Morgan fingerprint density at radius 2 is 2.50 bits per heavy atom. The summed E-state index contributed by atoms with van der Waals surface area (Å²) in [6.07, 6.45) is 1.69. The zero-order valence-electron chi connectivity index (χ0n) is 6.82. The van der Waals surface area contributed by atoms with Crippen LogP contribution in [0.3, 0.4) is 0 Å². The van der Waals surface area contributed by atoms with Gasteiger partial charge in [0.05, 0.1) is 0 Å². The van der Waals surface area contributed by atoms with Gasteiger partial charge in [-0.15, -0.1) is 10.2 Å². The highest BCUT2D eigenvalue weighted by atomic mass is 79.9. The third-order valence-corrected chi connectivity index (χ3v) is 2.54. The van der Waals surface area contributed by atoms with E-state index in [4.69, 9.17) is 0 Å². The fourth-order valence-corrected chi connectivity index (χ4v) is 1.67. The van der Waals surface area contributed by atoms with Crippen LogP contribution >= 0.6 is 27.3 Å². The van der Waals surface area contributed by atoms with Crippen molar-refractivity contribution in [2.75, 3.05) is 5.32 Å². The molecule has 72 valence electrons. The van der Waals surface area contributed by atoms with Gasteiger partial charge in [0.1, 0.15) is 11.2 Å². The number of carbonyl (C=O) groups is 1. The molecule has 0 aliphatic heterocycles. The van der Waals surface area contributed by atoms with E-state index in [1.165, 1.54) is 11.3 Å². The molecule has 0 fully saturated rings. The van der Waals surface area contributed by atoms with Crippen molar-refractivity contribution in [2.24, 2.45) is 0 Å². The largest absolute Gasteiger partial charge is 0.356 e. The van der Waals surface area contributed by atoms with Crippen LogP contribution in [0.5, 0.6) is 0 Å². The van der Waals surface area contributed by atoms with E-state index in [0.717, 1.165) is 4.47 Å². The summed E-state index contributed by atoms with van der Waals surface area (Å²) >= 11 is 4.51. The second kappa shape index (κ2) is 3.89. The van der Waals surface area contributed by atoms with E-state index in [9.17, 15) is 4.79 Å². The maximum absolute atomic E-state index is 11.5. The van der Waals surface area contributed by atoms with Gasteiger partial charge in [-0.1, -0.05) is 11.3 Å². The molecule has 0 spiro atoms. The number of H-pyrrole nitrogens is 1. The van der Waals surface area contributed by atoms with Crippen molar-refractivity contribution in [3.05, 3.63) is 27.9 Å². The number of nitrogens with one attached hydrogen (secondary N) is 2. The standard InChI is InChI=1S/C7H5BrN4OS/c8-4-1-5(9-2-4)6(13)11-7-12-10-3-14-7/h1-3,9H,(H,11,12,13). The third kappa shape index (κ3) is 1.99. The van der Waals surface area contributed by atoms with Gasteiger partial charge in [-0.25, -0.2) is 0 Å². The number of hydrogen-bond donors (Lipinski definition) is 2. The highest BCUT2D eigenvalue weighted by Crippen LogP contribution is 2.13. The summed E-state index contributed by atoms with van der Waals surface area (Å²) in [4.78, 5) is 14.3. The van der Waals surface area contributed by atoms with Crippen molar-refractivity contribution in [2.45, 2.75) is 0 Å². The lowest BCUT2D eigenvalue weighted by atomic mass is 10.4. The van der Waals surface area contributed by atoms with Gasteiger partial charge in [0.25, 0.3) is 5.91 Å². The fourth-order valence-electron chi connectivity index (χ4n) is 0.891. The number of halogens is 1. The van der Waals surface area contributed by atoms with Crippen molar-refractivity contribution in [1.29, 1.82) is 0 Å². The molecule has 1 amide bonds. The number of carbonyl (C=O) groups excluding carboxylic acids is 1. The van der Waals surface area contributed by atoms with Crippen molar-refractivity contribution >= 4 is 38.3 Å². The molecule has 2 aromatic heterocycles. The lowest BCUT2D eigenvalue weighted by molar-refractivity contribution is 0.102. The zero-order chi connectivity index (χ0) is 9.97. The van der Waals surface area contributed by atoms with Crippen LogP contribution in [-0.4, -0.2) is 21.1 Å². The molecule has 0 saturated heterocycles. The van der Waals surface area contributed by atoms with Crippen LogP contribution in [0.25, 0.3) is 0 Å². The monoisotopic (exact) mass is 272 g/mol. The average Bonchev–Trinajstić information content (AvgIpc) is 2.75. The van der Waals surface area contributed by atoms with Gasteiger partial charge in [0.15, 0.2) is 0 Å². The topological polar surface area (TPSA) is 70.7 Å². The van der Waals surface area contributed by atoms with E-state index in [1.54, 1.807) is 17.8 Å². The molecule has 0 atom stereocenters. The summed E-state index contributed by atoms with van der Waals surface area (Å²) in [5.41, 5.74) is 2.03. The fraction of sp³-hybridized carbons (Fsp3) is 0. The number of anilines is 1. The Balaban J connectivity index is 2.10. The minimum absolute atomic E-state index is 0.229. The van der Waals surface area contributed by atoms with Crippen LogP contribution in [0.15, 0.2) is 22.2 Å². The predicted octanol–water partition coefficient (Wildman–Crippen LogP) is 1.88. The van der Waals surface area contributed by atoms with Crippen LogP contribution in [-0.2, 0) is 0 Å². The first-order valence-corrected chi connectivity index (χ1v) is 5.34. The molecule has 0 unspecified atom stereocenters. The van der Waals surface area contributed by atoms with Crippen molar-refractivity contribution < 1.29 is 4.79 Å². The normalized spacial score (nSPS) is 10.1. The lowest BCUT2D eigenvalue weighted by Gasteiger charge is -1.96. The molecule has 0 aromatic carbocycles. The highest BCUT2D eigenvalue weighted by Gasteiger charge is 2.09. The van der Waals surface area contributed by atoms with E-state index < -0.39 is 0 Å². The van der Waals surface area contributed by atoms with Crippen LogP contribution in [0.2, 0.25) is 0 Å². The summed E-state index contributed by atoms with van der Waals surface area (Å²) in [6.45, 7) is 0. The minimum atomic E-state index is -0.229. The van der Waals surface area contributed by atoms with Gasteiger partial charge in [-0.3, -0.25) is 10.1 Å². The van der Waals surface area contributed by atoms with E-state index in [-0.39, 0.29) is 5.91 Å². The Bertz CT molecular complexity index is 438. The van der Waals surface area contributed by atoms with E-state index in [1.807, 2.05) is 0 Å². The van der Waals surface area contributed by atoms with Gasteiger partial charge >= 0.3 is 0 Å². The second-order valence-electron chi connectivity index (χ2n) is 2.43. The quantitative estimate of drug-likeness (QED) is 0.877. The van der Waals surface area contributed by atoms with Gasteiger partial charge in [0, 0.05) is 10.7 Å². The van der Waals surface area contributed by atoms with E-state index in [2.05, 4.69) is 36.4 Å². The number of amides is 1. The van der Waals surface area contributed by atoms with Crippen molar-refractivity contribution in [1.82, 2.24) is 15.2 Å². The van der Waals surface area contributed by atoms with Gasteiger partial charge in [-0.05, 0) is 22.0 Å². The number of aromatic amines is 1. The Kier molecular flexibility index (Phi) is 2.60. The minimum Gasteiger partial charge on any atom is -0.356 e. The molecule has 2 heterocycles. The first kappa shape index (κ1) is 9.35. The number of nitrogens with zero attached hydrogens (tertiary/aromatic N) is 2. The van der Waals surface area contributed by atoms with Crippen molar-refractivity contribution in [3.63, 3.8) is 0 Å². The van der Waals surface area contributed by atoms with Crippen molar-refractivity contribution in [3.8, 4) is 0 Å². The Morgan fingerprint density at radius 3 is 3.07 bits per heavy atom. The molecule has 0 radical (unpaired) electrons. The zero-order valence-corrected chi connectivity index (χ0v) is 9.22. The first-order valence-electron chi connectivity index (χ1n) is 3.67. The number of hydrogen-bond acceptors (Lipinski definition) is 4. The molecular formula is C7H5BrN4OS. The van der Waals surface area contributed by atoms with E-state index in [0.29, 0.717) is 10.8 Å². The van der Waals surface area contributed by atoms with Crippen LogP contribution < -0.4 is 5.32 Å². The molecule has 2 rings (SSSR count). The molecule has 14 heavy (non-hydrogen) atoms. The summed E-state index contributed by atoms with van der Waals surface area (Å²) in [5.74, 6) is -0.229. The molecule has 2 N–H and O–H groups in total. The van der Waals surface area contributed by atoms with E-state index >= 15 is 0 Å². The maximum atomic E-state index is 11.5. The third-order valence-electron chi connectivity index (χ3n) is 1.47. The molecular weight excluding hydrogens is 268 g/mol. The Morgan fingerprint density at radius 1 is 1.64 bits per heavy atom. The number of rotatable bonds is 2. The SMILES string of the molecule is O=C(Nc1nncs1)c1cc(Br)c[nH]1. The molecule has 0 aliphatic carbocycles. The highest BCUT2D eigenvalue weighted by molar-refractivity contribution is 9.10. The second-order valence-corrected chi connectivity index (χ2v) is 4.18. The summed E-state index contributed by atoms with van der Waals surface area (Å²) < 4.78 is 0.833. The Hall–Kier alpha value is -1.21. The van der Waals surface area contributed by atoms with Gasteiger partial charge in [-0.2, -0.15) is 0 Å². The number of aromatic nitrogens is 3. The Labute approximate surface area is 91.7 Å². The molecule has 0 bridgehead atoms. The van der Waals surface area contributed by atoms with Crippen LogP contribution in [0.1, 0.15) is 10.5 Å². The average molecular weight is 273 g/mol. The molecule has 0 aliphatic rings.